The van der Waals surface area contributed by atoms with Crippen molar-refractivity contribution in [3.63, 3.8) is 0 Å². The van der Waals surface area contributed by atoms with E-state index in [0.29, 0.717) is 11.2 Å². The number of ether oxygens (including phenoxy) is 1. The third-order valence-corrected chi connectivity index (χ3v) is 7.17. The molecule has 1 aliphatic heterocycles. The first-order chi connectivity index (χ1) is 18.6. The normalized spacial score (nSPS) is 25.2. The summed E-state index contributed by atoms with van der Waals surface area (Å²) in [6.07, 6.45) is 2.68. The minimum Gasteiger partial charge on any atom is -0.479 e. The van der Waals surface area contributed by atoms with Crippen molar-refractivity contribution in [1.82, 2.24) is 35.5 Å². The number of amides is 3. The van der Waals surface area contributed by atoms with E-state index in [4.69, 9.17) is 4.74 Å². The van der Waals surface area contributed by atoms with E-state index in [-0.39, 0.29) is 19.4 Å². The van der Waals surface area contributed by atoms with Crippen molar-refractivity contribution < 1.29 is 29.0 Å². The smallest absolute Gasteiger partial charge is 0.408 e. The molecule has 3 N–H and O–H groups in total. The van der Waals surface area contributed by atoms with Gasteiger partial charge in [-0.3, -0.25) is 9.59 Å². The molecule has 5 atom stereocenters. The van der Waals surface area contributed by atoms with Crippen LogP contribution in [0.25, 0.3) is 11.2 Å². The fraction of sp³-hybridized carbons (Fsp3) is 0.593. The number of hydrogen-bond acceptors (Lipinski definition) is 8. The highest BCUT2D eigenvalue weighted by Gasteiger charge is 2.61. The number of alkyl carbamates (subject to hydrolysis) is 1. The van der Waals surface area contributed by atoms with Crippen molar-refractivity contribution in [3.8, 4) is 0 Å². The van der Waals surface area contributed by atoms with Crippen LogP contribution in [0.1, 0.15) is 60.4 Å². The second-order valence-corrected chi connectivity index (χ2v) is 12.5. The molecule has 13 nitrogen and oxygen atoms in total. The molecule has 0 aromatic carbocycles. The zero-order valence-corrected chi connectivity index (χ0v) is 23.7. The van der Waals surface area contributed by atoms with Gasteiger partial charge in [-0.25, -0.2) is 14.6 Å². The number of fused-ring (bicyclic) bond motifs is 1. The second-order valence-electron chi connectivity index (χ2n) is 12.5. The van der Waals surface area contributed by atoms with Crippen LogP contribution in [-0.2, 0) is 19.1 Å². The predicted octanol–water partition coefficient (Wildman–Crippen LogP) is 2.05. The van der Waals surface area contributed by atoms with Crippen LogP contribution < -0.4 is 10.6 Å². The van der Waals surface area contributed by atoms with Gasteiger partial charge >= 0.3 is 12.1 Å². The maximum Gasteiger partial charge on any atom is 0.408 e. The largest absolute Gasteiger partial charge is 0.479 e. The minimum atomic E-state index is -1.47. The number of aromatic nitrogens is 4. The van der Waals surface area contributed by atoms with Crippen LogP contribution in [0.15, 0.2) is 31.0 Å². The Bertz CT molecular complexity index is 1310. The number of nitrogens with one attached hydrogen (secondary N) is 2. The lowest BCUT2D eigenvalue weighted by Gasteiger charge is -2.36. The maximum absolute atomic E-state index is 14.1. The number of nitrogens with zero attached hydrogens (tertiary/aromatic N) is 5. The van der Waals surface area contributed by atoms with Gasteiger partial charge in [0.2, 0.25) is 17.5 Å². The van der Waals surface area contributed by atoms with E-state index in [9.17, 15) is 24.3 Å². The Hall–Kier alpha value is -4.03. The number of carbonyl (C=O) groups is 4. The van der Waals surface area contributed by atoms with Crippen LogP contribution in [0.3, 0.4) is 0 Å². The zero-order chi connectivity index (χ0) is 29.6. The molecule has 1 aliphatic carbocycles. The van der Waals surface area contributed by atoms with E-state index < -0.39 is 64.5 Å². The highest BCUT2D eigenvalue weighted by atomic mass is 16.6. The molecular weight excluding hydrogens is 518 g/mol. The Balaban J connectivity index is 1.65. The molecule has 0 radical (unpaired) electrons. The summed E-state index contributed by atoms with van der Waals surface area (Å²) in [4.78, 5) is 59.5. The van der Waals surface area contributed by atoms with Gasteiger partial charge in [0, 0.05) is 25.1 Å². The van der Waals surface area contributed by atoms with Crippen LogP contribution in [0.2, 0.25) is 0 Å². The first-order valence-electron chi connectivity index (χ1n) is 13.2. The van der Waals surface area contributed by atoms with E-state index in [1.165, 1.54) is 15.8 Å². The number of rotatable bonds is 7. The summed E-state index contributed by atoms with van der Waals surface area (Å²) >= 11 is 0. The molecule has 2 aromatic rings. The van der Waals surface area contributed by atoms with E-state index in [2.05, 4.69) is 32.4 Å². The first-order valence-corrected chi connectivity index (χ1v) is 13.2. The lowest BCUT2D eigenvalue weighted by atomic mass is 9.85. The molecule has 2 fully saturated rings. The third-order valence-electron chi connectivity index (χ3n) is 7.17. The van der Waals surface area contributed by atoms with Crippen LogP contribution in [0.5, 0.6) is 0 Å². The summed E-state index contributed by atoms with van der Waals surface area (Å²) in [7, 11) is 0. The molecule has 2 aromatic heterocycles. The second kappa shape index (κ2) is 10.2. The molecule has 3 amide bonds. The number of hydrogen-bond donors (Lipinski definition) is 3. The monoisotopic (exact) mass is 555 g/mol. The SMILES string of the molecule is C=CC1CC1(NC(=O)C1CC(n2nc3cccnc3n2)CN1C(=O)C(NC(=O)OC(C)(C)C)C(C)(C)C)C(=O)O. The molecule has 1 saturated carbocycles. The third kappa shape index (κ3) is 5.77. The van der Waals surface area contributed by atoms with Gasteiger partial charge in [0.15, 0.2) is 0 Å². The van der Waals surface area contributed by atoms with Gasteiger partial charge in [0.05, 0.1) is 6.04 Å². The molecule has 2 aliphatic rings. The van der Waals surface area contributed by atoms with Gasteiger partial charge in [0.25, 0.3) is 0 Å². The van der Waals surface area contributed by atoms with Crippen LogP contribution in [-0.4, -0.2) is 83.6 Å². The topological polar surface area (TPSA) is 169 Å². The van der Waals surface area contributed by atoms with Gasteiger partial charge < -0.3 is 25.4 Å². The van der Waals surface area contributed by atoms with E-state index in [1.54, 1.807) is 59.9 Å². The maximum atomic E-state index is 14.1. The van der Waals surface area contributed by atoms with Gasteiger partial charge in [-0.05, 0) is 44.7 Å². The Morgan fingerprint density at radius 3 is 2.45 bits per heavy atom. The zero-order valence-electron chi connectivity index (χ0n) is 23.7. The van der Waals surface area contributed by atoms with Gasteiger partial charge in [0.1, 0.15) is 28.7 Å². The van der Waals surface area contributed by atoms with Gasteiger partial charge in [-0.2, -0.15) is 9.90 Å². The van der Waals surface area contributed by atoms with E-state index >= 15 is 0 Å². The molecule has 13 heteroatoms. The highest BCUT2D eigenvalue weighted by molar-refractivity contribution is 5.96. The number of carbonyl (C=O) groups excluding carboxylic acids is 3. The van der Waals surface area contributed by atoms with Crippen molar-refractivity contribution >= 4 is 35.0 Å². The van der Waals surface area contributed by atoms with Crippen molar-refractivity contribution in [2.45, 2.75) is 83.6 Å². The van der Waals surface area contributed by atoms with Gasteiger partial charge in [-0.15, -0.1) is 11.7 Å². The van der Waals surface area contributed by atoms with Crippen molar-refractivity contribution in [2.75, 3.05) is 6.54 Å². The minimum absolute atomic E-state index is 0.0610. The molecule has 4 rings (SSSR count). The molecule has 40 heavy (non-hydrogen) atoms. The summed E-state index contributed by atoms with van der Waals surface area (Å²) in [5.41, 5.74) is -2.02. The molecule has 216 valence electrons. The quantitative estimate of drug-likeness (QED) is 0.433. The van der Waals surface area contributed by atoms with Crippen molar-refractivity contribution in [1.29, 1.82) is 0 Å². The Kier molecular flexibility index (Phi) is 7.37. The van der Waals surface area contributed by atoms with Crippen LogP contribution >= 0.6 is 0 Å². The van der Waals surface area contributed by atoms with Crippen LogP contribution in [0.4, 0.5) is 4.79 Å². The number of pyridine rings is 1. The number of likely N-dealkylation sites (tertiary alicyclic amines) is 1. The molecule has 5 unspecified atom stereocenters. The van der Waals surface area contributed by atoms with Crippen molar-refractivity contribution in [3.05, 3.63) is 31.0 Å². The van der Waals surface area contributed by atoms with E-state index in [0.717, 1.165) is 0 Å². The fourth-order valence-electron chi connectivity index (χ4n) is 4.97. The fourth-order valence-corrected chi connectivity index (χ4v) is 4.97. The Labute approximate surface area is 232 Å². The lowest BCUT2D eigenvalue weighted by molar-refractivity contribution is -0.146. The molecule has 3 heterocycles. The lowest BCUT2D eigenvalue weighted by Crippen LogP contribution is -2.59. The first kappa shape index (κ1) is 29.0. The number of carboxylic acid groups (broad SMARTS) is 1. The predicted molar refractivity (Wildman–Crippen MR) is 144 cm³/mol. The molecule has 0 bridgehead atoms. The summed E-state index contributed by atoms with van der Waals surface area (Å²) in [6.45, 7) is 14.3. The number of aliphatic carboxylic acids is 1. The average Bonchev–Trinajstić information content (AvgIpc) is 3.18. The molecule has 0 spiro atoms. The highest BCUT2D eigenvalue weighted by Crippen LogP contribution is 2.45. The van der Waals surface area contributed by atoms with E-state index in [1.807, 2.05) is 0 Å². The van der Waals surface area contributed by atoms with Crippen LogP contribution in [0, 0.1) is 11.3 Å². The molecular formula is C27H37N7O6. The standard InChI is InChI=1S/C27H37N7O6/c1-8-15-13-27(15,23(37)38)30-21(35)18-12-16(34-31-17-10-9-11-28-20(17)32-34)14-33(18)22(36)19(25(2,3)4)29-24(39)40-26(5,6)7/h8-11,15-16,18-19H,1,12-14H2,2-7H3,(H,29,39)(H,30,35)(H,37,38). The summed E-state index contributed by atoms with van der Waals surface area (Å²) in [5, 5.41) is 24.1. The molecule has 1 saturated heterocycles. The average molecular weight is 556 g/mol. The van der Waals surface area contributed by atoms with Gasteiger partial charge in [-0.1, -0.05) is 26.8 Å². The Morgan fingerprint density at radius 2 is 1.90 bits per heavy atom. The van der Waals surface area contributed by atoms with Crippen molar-refractivity contribution in [2.24, 2.45) is 11.3 Å². The summed E-state index contributed by atoms with van der Waals surface area (Å²) < 4.78 is 5.39. The Morgan fingerprint density at radius 1 is 1.20 bits per heavy atom. The summed E-state index contributed by atoms with van der Waals surface area (Å²) in [5.74, 6) is -2.70. The summed E-state index contributed by atoms with van der Waals surface area (Å²) in [6, 6.07) is 0.916. The number of carboxylic acids is 1.